The van der Waals surface area contributed by atoms with E-state index >= 15 is 0 Å². The first-order valence-corrected chi connectivity index (χ1v) is 13.9. The predicted molar refractivity (Wildman–Crippen MR) is 161 cm³/mol. The summed E-state index contributed by atoms with van der Waals surface area (Å²) in [5.41, 5.74) is 1.58. The SMILES string of the molecule is BrB(Br)Br.CC(C(=O)O)c1ccc2cc(O)ccc2c1.COc1ccc2cc(C(C)C(=O)O)ccc2c1. The van der Waals surface area contributed by atoms with Gasteiger partial charge in [-0.2, -0.15) is 0 Å². The monoisotopic (exact) mass is 694 g/mol. The second-order valence-electron chi connectivity index (χ2n) is 8.13. The van der Waals surface area contributed by atoms with E-state index in [2.05, 4.69) is 47.3 Å². The lowest BCUT2D eigenvalue weighted by atomic mass is 9.98. The van der Waals surface area contributed by atoms with Crippen LogP contribution >= 0.6 is 47.3 Å². The number of hydrogen-bond donors (Lipinski definition) is 3. The first kappa shape index (κ1) is 30.7. The van der Waals surface area contributed by atoms with E-state index in [0.29, 0.717) is 0 Å². The summed E-state index contributed by atoms with van der Waals surface area (Å²) in [7, 11) is 1.63. The van der Waals surface area contributed by atoms with Gasteiger partial charge in [-0.15, -0.1) is 47.3 Å². The fourth-order valence-corrected chi connectivity index (χ4v) is 3.44. The Labute approximate surface area is 240 Å². The highest BCUT2D eigenvalue weighted by atomic mass is 79.9. The third-order valence-electron chi connectivity index (χ3n) is 5.66. The van der Waals surface area contributed by atoms with Gasteiger partial charge in [0.25, 0.3) is 0 Å². The average molecular weight is 697 g/mol. The summed E-state index contributed by atoms with van der Waals surface area (Å²) in [5, 5.41) is 31.1. The Morgan fingerprint density at radius 3 is 1.51 bits per heavy atom. The van der Waals surface area contributed by atoms with Crippen LogP contribution < -0.4 is 4.74 Å². The molecule has 0 aromatic heterocycles. The Bertz CT molecular complexity index is 1380. The standard InChI is InChI=1S/C14H14O3.C13H12O3.BBr3/c1-9(14(15)16)10-3-4-12-8-13(17-2)6-5-11(12)7-10;1-8(13(15)16)9-2-3-11-7-12(14)5-4-10(11)6-9;2-1(3)4/h3-9H,1-2H3,(H,15,16);2-8,14H,1H3,(H,15,16);. The van der Waals surface area contributed by atoms with Crippen LogP contribution in [0.3, 0.4) is 0 Å². The number of phenolic OH excluding ortho intramolecular Hbond substituents is 1. The van der Waals surface area contributed by atoms with Crippen LogP contribution in [-0.2, 0) is 9.59 Å². The van der Waals surface area contributed by atoms with Crippen molar-refractivity contribution in [2.45, 2.75) is 25.7 Å². The van der Waals surface area contributed by atoms with Gasteiger partial charge >= 0.3 is 15.1 Å². The molecule has 0 aliphatic heterocycles. The largest absolute Gasteiger partial charge is 0.508 e. The molecule has 37 heavy (non-hydrogen) atoms. The fraction of sp³-hybridized carbons (Fsp3) is 0.185. The first-order valence-electron chi connectivity index (χ1n) is 11.1. The third-order valence-corrected chi connectivity index (χ3v) is 5.66. The molecular formula is C27H26BBr3O6. The molecule has 0 aliphatic carbocycles. The number of benzene rings is 4. The number of aromatic hydroxyl groups is 1. The summed E-state index contributed by atoms with van der Waals surface area (Å²) in [6.45, 7) is 3.34. The van der Waals surface area contributed by atoms with E-state index in [9.17, 15) is 14.7 Å². The van der Waals surface area contributed by atoms with Crippen molar-refractivity contribution in [3.63, 3.8) is 0 Å². The quantitative estimate of drug-likeness (QED) is 0.183. The van der Waals surface area contributed by atoms with Crippen molar-refractivity contribution in [1.82, 2.24) is 0 Å². The second-order valence-corrected chi connectivity index (χ2v) is 14.6. The van der Waals surface area contributed by atoms with Gasteiger partial charge in [-0.3, -0.25) is 9.59 Å². The molecule has 0 saturated heterocycles. The van der Waals surface area contributed by atoms with E-state index < -0.39 is 23.8 Å². The van der Waals surface area contributed by atoms with Crippen molar-refractivity contribution in [3.8, 4) is 11.5 Å². The zero-order chi connectivity index (χ0) is 27.7. The predicted octanol–water partition coefficient (Wildman–Crippen LogP) is 7.93. The molecule has 0 radical (unpaired) electrons. The number of ether oxygens (including phenoxy) is 1. The average Bonchev–Trinajstić information content (AvgIpc) is 2.86. The summed E-state index contributed by atoms with van der Waals surface area (Å²) in [5.74, 6) is -1.63. The Morgan fingerprint density at radius 1 is 0.703 bits per heavy atom. The zero-order valence-corrected chi connectivity index (χ0v) is 25.1. The number of carboxylic acid groups (broad SMARTS) is 2. The highest BCUT2D eigenvalue weighted by Crippen LogP contribution is 2.26. The van der Waals surface area contributed by atoms with E-state index in [1.165, 1.54) is 0 Å². The second kappa shape index (κ2) is 14.4. The molecule has 0 fully saturated rings. The van der Waals surface area contributed by atoms with Gasteiger partial charge in [-0.1, -0.05) is 48.5 Å². The summed E-state index contributed by atoms with van der Waals surface area (Å²) in [6.07, 6.45) is 0. The third kappa shape index (κ3) is 9.36. The Kier molecular flexibility index (Phi) is 11.9. The van der Waals surface area contributed by atoms with E-state index in [1.54, 1.807) is 45.2 Å². The van der Waals surface area contributed by atoms with E-state index in [0.717, 1.165) is 38.4 Å². The number of fused-ring (bicyclic) bond motifs is 2. The number of carbonyl (C=O) groups is 2. The van der Waals surface area contributed by atoms with Gasteiger partial charge in [0.1, 0.15) is 11.5 Å². The van der Waals surface area contributed by atoms with Crippen LogP contribution in [0.25, 0.3) is 21.5 Å². The van der Waals surface area contributed by atoms with Crippen molar-refractivity contribution in [3.05, 3.63) is 83.9 Å². The summed E-state index contributed by atoms with van der Waals surface area (Å²) in [4.78, 5) is 21.8. The van der Waals surface area contributed by atoms with Crippen molar-refractivity contribution < 1.29 is 29.6 Å². The van der Waals surface area contributed by atoms with Crippen LogP contribution in [-0.4, -0.2) is 37.6 Å². The van der Waals surface area contributed by atoms with Gasteiger partial charge in [-0.25, -0.2) is 0 Å². The van der Waals surface area contributed by atoms with Crippen LogP contribution in [0.2, 0.25) is 0 Å². The molecule has 4 aromatic carbocycles. The lowest BCUT2D eigenvalue weighted by Crippen LogP contribution is -2.06. The maximum absolute atomic E-state index is 10.9. The van der Waals surface area contributed by atoms with Gasteiger partial charge < -0.3 is 20.1 Å². The van der Waals surface area contributed by atoms with E-state index in [1.807, 2.05) is 48.5 Å². The molecule has 0 heterocycles. The maximum Gasteiger partial charge on any atom is 0.369 e. The minimum absolute atomic E-state index is 0.214. The van der Waals surface area contributed by atoms with Crippen molar-refractivity contribution >= 4 is 83.9 Å². The minimum atomic E-state index is -0.835. The highest BCUT2D eigenvalue weighted by Gasteiger charge is 2.14. The van der Waals surface area contributed by atoms with E-state index in [-0.39, 0.29) is 8.93 Å². The molecule has 4 aromatic rings. The van der Waals surface area contributed by atoms with Gasteiger partial charge in [0, 0.05) is 0 Å². The maximum atomic E-state index is 10.9. The van der Waals surface area contributed by atoms with Crippen molar-refractivity contribution in [2.75, 3.05) is 7.11 Å². The molecular weight excluding hydrogens is 671 g/mol. The zero-order valence-electron chi connectivity index (χ0n) is 20.4. The Balaban J connectivity index is 0.000000228. The molecule has 3 N–H and O–H groups in total. The number of hydrogen-bond acceptors (Lipinski definition) is 4. The number of phenols is 1. The van der Waals surface area contributed by atoms with Crippen LogP contribution in [0.1, 0.15) is 36.8 Å². The molecule has 0 saturated carbocycles. The van der Waals surface area contributed by atoms with Gasteiger partial charge in [0.2, 0.25) is 0 Å². The molecule has 0 aliphatic rings. The lowest BCUT2D eigenvalue weighted by molar-refractivity contribution is -0.139. The molecule has 4 rings (SSSR count). The molecule has 10 heteroatoms. The Morgan fingerprint density at radius 2 is 1.08 bits per heavy atom. The molecule has 6 nitrogen and oxygen atoms in total. The topological polar surface area (TPSA) is 104 Å². The summed E-state index contributed by atoms with van der Waals surface area (Å²) < 4.78 is 5.41. The van der Waals surface area contributed by atoms with Crippen molar-refractivity contribution in [1.29, 1.82) is 0 Å². The number of aliphatic carboxylic acids is 2. The van der Waals surface area contributed by atoms with Gasteiger partial charge in [0.15, 0.2) is 0 Å². The molecule has 2 atom stereocenters. The smallest absolute Gasteiger partial charge is 0.369 e. The molecule has 0 spiro atoms. The van der Waals surface area contributed by atoms with E-state index in [4.69, 9.17) is 14.9 Å². The van der Waals surface area contributed by atoms with Crippen LogP contribution in [0.15, 0.2) is 72.8 Å². The summed E-state index contributed by atoms with van der Waals surface area (Å²) >= 11 is 9.31. The molecule has 2 unspecified atom stereocenters. The van der Waals surface area contributed by atoms with Gasteiger partial charge in [-0.05, 0) is 70.8 Å². The number of carboxylic acids is 2. The molecule has 0 bridgehead atoms. The minimum Gasteiger partial charge on any atom is -0.508 e. The van der Waals surface area contributed by atoms with Gasteiger partial charge in [0.05, 0.1) is 18.9 Å². The van der Waals surface area contributed by atoms with Crippen LogP contribution in [0.5, 0.6) is 11.5 Å². The number of halogens is 3. The lowest BCUT2D eigenvalue weighted by Gasteiger charge is -2.08. The molecule has 194 valence electrons. The molecule has 0 amide bonds. The normalized spacial score (nSPS) is 11.8. The number of rotatable bonds is 5. The van der Waals surface area contributed by atoms with Crippen LogP contribution in [0.4, 0.5) is 0 Å². The van der Waals surface area contributed by atoms with Crippen molar-refractivity contribution in [2.24, 2.45) is 0 Å². The number of methoxy groups -OCH3 is 1. The highest BCUT2D eigenvalue weighted by molar-refractivity contribution is 9.69. The Hall–Kier alpha value is -2.56. The first-order chi connectivity index (χ1) is 17.4. The van der Waals surface area contributed by atoms with Crippen LogP contribution in [0, 0.1) is 0 Å². The summed E-state index contributed by atoms with van der Waals surface area (Å²) in [6, 6.07) is 21.9. The fourth-order valence-electron chi connectivity index (χ4n) is 3.44.